The van der Waals surface area contributed by atoms with E-state index in [0.717, 1.165) is 28.0 Å². The summed E-state index contributed by atoms with van der Waals surface area (Å²) >= 11 is 0. The van der Waals surface area contributed by atoms with Crippen LogP contribution in [-0.2, 0) is 6.54 Å². The smallest absolute Gasteiger partial charge is 0.251 e. The van der Waals surface area contributed by atoms with Crippen LogP contribution in [0.5, 0.6) is 0 Å². The fourth-order valence-corrected chi connectivity index (χ4v) is 2.80. The quantitative estimate of drug-likeness (QED) is 0.622. The van der Waals surface area contributed by atoms with Crippen LogP contribution in [0.4, 0.5) is 0 Å². The van der Waals surface area contributed by atoms with Crippen molar-refractivity contribution in [2.75, 3.05) is 0 Å². The highest BCUT2D eigenvalue weighted by molar-refractivity contribution is 5.94. The maximum Gasteiger partial charge on any atom is 0.251 e. The van der Waals surface area contributed by atoms with Gasteiger partial charge in [-0.1, -0.05) is 24.3 Å². The van der Waals surface area contributed by atoms with Gasteiger partial charge in [-0.05, 0) is 31.2 Å². The largest absolute Gasteiger partial charge is 0.459 e. The standard InChI is InChI=1S/C19H16N4O2/c1-13-16-7-2-3-8-17(16)25-18(13)10-20-19(24)14-5-4-6-15(9-14)23-11-21-22-12-23/h2-9,11-12H,10H2,1H3,(H,20,24). The van der Waals surface area contributed by atoms with E-state index in [-0.39, 0.29) is 5.91 Å². The molecule has 0 aliphatic carbocycles. The van der Waals surface area contributed by atoms with Gasteiger partial charge in [-0.2, -0.15) is 0 Å². The number of rotatable bonds is 4. The van der Waals surface area contributed by atoms with Crippen molar-refractivity contribution in [3.8, 4) is 5.69 Å². The number of nitrogens with one attached hydrogen (secondary N) is 1. The molecule has 6 heteroatoms. The Morgan fingerprint density at radius 1 is 1.12 bits per heavy atom. The number of carbonyl (C=O) groups excluding carboxylic acids is 1. The highest BCUT2D eigenvalue weighted by Crippen LogP contribution is 2.24. The van der Waals surface area contributed by atoms with Crippen molar-refractivity contribution in [1.29, 1.82) is 0 Å². The number of para-hydroxylation sites is 1. The van der Waals surface area contributed by atoms with Crippen LogP contribution in [0.3, 0.4) is 0 Å². The second-order valence-corrected chi connectivity index (χ2v) is 5.75. The first-order valence-electron chi connectivity index (χ1n) is 7.92. The van der Waals surface area contributed by atoms with Crippen molar-refractivity contribution < 1.29 is 9.21 Å². The van der Waals surface area contributed by atoms with E-state index in [9.17, 15) is 4.79 Å². The third-order valence-corrected chi connectivity index (χ3v) is 4.18. The molecule has 0 saturated carbocycles. The van der Waals surface area contributed by atoms with Gasteiger partial charge in [-0.25, -0.2) is 0 Å². The normalized spacial score (nSPS) is 10.9. The fraction of sp³-hybridized carbons (Fsp3) is 0.105. The summed E-state index contributed by atoms with van der Waals surface area (Å²) in [5, 5.41) is 11.5. The van der Waals surface area contributed by atoms with Gasteiger partial charge in [0.1, 0.15) is 24.0 Å². The van der Waals surface area contributed by atoms with Gasteiger partial charge in [0.25, 0.3) is 5.91 Å². The number of amides is 1. The van der Waals surface area contributed by atoms with Crippen LogP contribution in [0.25, 0.3) is 16.7 Å². The topological polar surface area (TPSA) is 73.0 Å². The average molecular weight is 332 g/mol. The Morgan fingerprint density at radius 3 is 2.72 bits per heavy atom. The van der Waals surface area contributed by atoms with E-state index < -0.39 is 0 Å². The summed E-state index contributed by atoms with van der Waals surface area (Å²) in [6.07, 6.45) is 3.18. The summed E-state index contributed by atoms with van der Waals surface area (Å²) in [5.41, 5.74) is 3.28. The molecule has 1 N–H and O–H groups in total. The molecule has 2 heterocycles. The van der Waals surface area contributed by atoms with Gasteiger partial charge in [0, 0.05) is 22.2 Å². The predicted molar refractivity (Wildman–Crippen MR) is 93.5 cm³/mol. The van der Waals surface area contributed by atoms with Gasteiger partial charge in [-0.15, -0.1) is 10.2 Å². The number of carbonyl (C=O) groups is 1. The first kappa shape index (κ1) is 15.1. The SMILES string of the molecule is Cc1c(CNC(=O)c2cccc(-n3cnnc3)c2)oc2ccccc12. The van der Waals surface area contributed by atoms with Crippen LogP contribution >= 0.6 is 0 Å². The lowest BCUT2D eigenvalue weighted by Crippen LogP contribution is -2.23. The zero-order chi connectivity index (χ0) is 17.2. The molecule has 0 aliphatic rings. The van der Waals surface area contributed by atoms with Crippen LogP contribution in [0.15, 0.2) is 65.6 Å². The number of aromatic nitrogens is 3. The van der Waals surface area contributed by atoms with Gasteiger partial charge in [0.2, 0.25) is 0 Å². The Labute approximate surface area is 144 Å². The van der Waals surface area contributed by atoms with E-state index in [1.165, 1.54) is 0 Å². The molecule has 0 atom stereocenters. The van der Waals surface area contributed by atoms with Crippen molar-refractivity contribution in [2.45, 2.75) is 13.5 Å². The molecule has 124 valence electrons. The monoisotopic (exact) mass is 332 g/mol. The molecular weight excluding hydrogens is 316 g/mol. The van der Waals surface area contributed by atoms with Gasteiger partial charge in [-0.3, -0.25) is 9.36 Å². The number of nitrogens with zero attached hydrogens (tertiary/aromatic N) is 3. The van der Waals surface area contributed by atoms with E-state index in [4.69, 9.17) is 4.42 Å². The molecular formula is C19H16N4O2. The van der Waals surface area contributed by atoms with Gasteiger partial charge in [0.15, 0.2) is 0 Å². The lowest BCUT2D eigenvalue weighted by atomic mass is 10.1. The zero-order valence-corrected chi connectivity index (χ0v) is 13.6. The van der Waals surface area contributed by atoms with E-state index in [1.54, 1.807) is 29.4 Å². The maximum atomic E-state index is 12.5. The number of hydrogen-bond acceptors (Lipinski definition) is 4. The van der Waals surface area contributed by atoms with Crippen molar-refractivity contribution in [3.63, 3.8) is 0 Å². The summed E-state index contributed by atoms with van der Waals surface area (Å²) in [6, 6.07) is 15.1. The molecule has 0 saturated heterocycles. The summed E-state index contributed by atoms with van der Waals surface area (Å²) in [6.45, 7) is 2.34. The molecule has 0 aliphatic heterocycles. The molecule has 6 nitrogen and oxygen atoms in total. The highest BCUT2D eigenvalue weighted by atomic mass is 16.3. The van der Waals surface area contributed by atoms with Crippen LogP contribution in [0.2, 0.25) is 0 Å². The van der Waals surface area contributed by atoms with E-state index in [1.807, 2.05) is 43.3 Å². The Bertz CT molecular complexity index is 1030. The van der Waals surface area contributed by atoms with E-state index in [0.29, 0.717) is 12.1 Å². The van der Waals surface area contributed by atoms with E-state index in [2.05, 4.69) is 15.5 Å². The van der Waals surface area contributed by atoms with Crippen molar-refractivity contribution in [1.82, 2.24) is 20.1 Å². The van der Waals surface area contributed by atoms with Crippen molar-refractivity contribution in [3.05, 3.63) is 78.1 Å². The number of furan rings is 1. The maximum absolute atomic E-state index is 12.5. The van der Waals surface area contributed by atoms with Crippen LogP contribution in [0, 0.1) is 6.92 Å². The minimum absolute atomic E-state index is 0.158. The lowest BCUT2D eigenvalue weighted by molar-refractivity contribution is 0.0948. The highest BCUT2D eigenvalue weighted by Gasteiger charge is 2.12. The number of benzene rings is 2. The Hall–Kier alpha value is -3.41. The Kier molecular flexibility index (Phi) is 3.78. The fourth-order valence-electron chi connectivity index (χ4n) is 2.80. The first-order chi connectivity index (χ1) is 12.2. The molecule has 2 aromatic carbocycles. The second kappa shape index (κ2) is 6.24. The van der Waals surface area contributed by atoms with Crippen LogP contribution < -0.4 is 5.32 Å². The van der Waals surface area contributed by atoms with E-state index >= 15 is 0 Å². The minimum atomic E-state index is -0.158. The zero-order valence-electron chi connectivity index (χ0n) is 13.6. The molecule has 1 amide bonds. The molecule has 25 heavy (non-hydrogen) atoms. The van der Waals surface area contributed by atoms with Crippen molar-refractivity contribution in [2.24, 2.45) is 0 Å². The third-order valence-electron chi connectivity index (χ3n) is 4.18. The molecule has 0 bridgehead atoms. The summed E-state index contributed by atoms with van der Waals surface area (Å²) < 4.78 is 7.58. The molecule has 0 fully saturated rings. The molecule has 2 aromatic heterocycles. The number of hydrogen-bond donors (Lipinski definition) is 1. The minimum Gasteiger partial charge on any atom is -0.459 e. The Balaban J connectivity index is 1.52. The summed E-state index contributed by atoms with van der Waals surface area (Å²) in [7, 11) is 0. The summed E-state index contributed by atoms with van der Waals surface area (Å²) in [4.78, 5) is 12.5. The number of aryl methyl sites for hydroxylation is 1. The molecule has 4 rings (SSSR count). The Morgan fingerprint density at radius 2 is 1.92 bits per heavy atom. The van der Waals surface area contributed by atoms with Crippen LogP contribution in [0.1, 0.15) is 21.7 Å². The van der Waals surface area contributed by atoms with Gasteiger partial charge >= 0.3 is 0 Å². The van der Waals surface area contributed by atoms with Crippen molar-refractivity contribution >= 4 is 16.9 Å². The first-order valence-corrected chi connectivity index (χ1v) is 7.92. The average Bonchev–Trinajstić information content (AvgIpc) is 3.29. The van der Waals surface area contributed by atoms with Crippen LogP contribution in [-0.4, -0.2) is 20.7 Å². The third kappa shape index (κ3) is 2.89. The predicted octanol–water partition coefficient (Wildman–Crippen LogP) is 3.25. The lowest BCUT2D eigenvalue weighted by Gasteiger charge is -2.06. The second-order valence-electron chi connectivity index (χ2n) is 5.75. The van der Waals surface area contributed by atoms with Gasteiger partial charge in [0.05, 0.1) is 6.54 Å². The molecule has 0 unspecified atom stereocenters. The molecule has 0 spiro atoms. The molecule has 0 radical (unpaired) electrons. The van der Waals surface area contributed by atoms with Gasteiger partial charge < -0.3 is 9.73 Å². The summed E-state index contributed by atoms with van der Waals surface area (Å²) in [5.74, 6) is 0.610. The molecule has 4 aromatic rings. The number of fused-ring (bicyclic) bond motifs is 1.